The maximum Gasteiger partial charge on any atom is 0.353 e. The number of benzene rings is 3. The van der Waals surface area contributed by atoms with Crippen molar-refractivity contribution in [2.75, 3.05) is 12.3 Å². The van der Waals surface area contributed by atoms with E-state index < -0.39 is 54.7 Å². The van der Waals surface area contributed by atoms with Crippen LogP contribution in [0.5, 0.6) is 0 Å². The van der Waals surface area contributed by atoms with Crippen LogP contribution in [0, 0.1) is 0 Å². The van der Waals surface area contributed by atoms with Crippen molar-refractivity contribution in [1.82, 2.24) is 19.5 Å². The molecule has 0 bridgehead atoms. The SMILES string of the molecule is Nc1nc(=O)n([C@@H]2O[C@H](COC(=O)c3ccccc3)[C@@H](OC(=O)c3ccccc3)[C@H]2OC(=O)c2ccccc2)c2nccnc12. The molecule has 5 aromatic rings. The van der Waals surface area contributed by atoms with Gasteiger partial charge in [-0.15, -0.1) is 0 Å². The maximum absolute atomic E-state index is 13.4. The molecule has 13 nitrogen and oxygen atoms in total. The van der Waals surface area contributed by atoms with Crippen LogP contribution in [-0.4, -0.2) is 62.3 Å². The van der Waals surface area contributed by atoms with Crippen LogP contribution in [0.3, 0.4) is 0 Å². The number of rotatable bonds is 8. The average Bonchev–Trinajstić information content (AvgIpc) is 3.40. The summed E-state index contributed by atoms with van der Waals surface area (Å²) in [4.78, 5) is 65.2. The monoisotopic (exact) mass is 607 g/mol. The first kappa shape index (κ1) is 29.1. The van der Waals surface area contributed by atoms with Gasteiger partial charge in [-0.2, -0.15) is 4.98 Å². The predicted octanol–water partition coefficient (Wildman–Crippen LogP) is 2.97. The fourth-order valence-corrected chi connectivity index (χ4v) is 4.88. The highest BCUT2D eigenvalue weighted by atomic mass is 16.7. The molecule has 0 spiro atoms. The van der Waals surface area contributed by atoms with Gasteiger partial charge in [0.05, 0.1) is 16.7 Å². The van der Waals surface area contributed by atoms with Crippen molar-refractivity contribution in [1.29, 1.82) is 0 Å². The predicted molar refractivity (Wildman–Crippen MR) is 158 cm³/mol. The third kappa shape index (κ3) is 6.10. The lowest BCUT2D eigenvalue weighted by Gasteiger charge is -2.25. The number of esters is 3. The summed E-state index contributed by atoms with van der Waals surface area (Å²) in [5.74, 6) is -2.40. The Labute approximate surface area is 255 Å². The third-order valence-electron chi connectivity index (χ3n) is 7.01. The Morgan fingerprint density at radius 1 is 0.733 bits per heavy atom. The summed E-state index contributed by atoms with van der Waals surface area (Å²) < 4.78 is 24.6. The van der Waals surface area contributed by atoms with Gasteiger partial charge in [0.15, 0.2) is 29.9 Å². The smallest absolute Gasteiger partial charge is 0.353 e. The first-order valence-electron chi connectivity index (χ1n) is 13.8. The van der Waals surface area contributed by atoms with Crippen molar-refractivity contribution in [3.05, 3.63) is 131 Å². The van der Waals surface area contributed by atoms with Crippen molar-refractivity contribution in [3.8, 4) is 0 Å². The third-order valence-corrected chi connectivity index (χ3v) is 7.01. The van der Waals surface area contributed by atoms with Crippen LogP contribution in [0.25, 0.3) is 11.2 Å². The van der Waals surface area contributed by atoms with Crippen molar-refractivity contribution in [3.63, 3.8) is 0 Å². The molecular weight excluding hydrogens is 582 g/mol. The molecule has 1 aliphatic rings. The molecule has 0 aliphatic carbocycles. The summed E-state index contributed by atoms with van der Waals surface area (Å²) in [7, 11) is 0. The highest BCUT2D eigenvalue weighted by molar-refractivity contribution is 5.91. The second-order valence-corrected chi connectivity index (χ2v) is 9.88. The minimum absolute atomic E-state index is 0.0178. The van der Waals surface area contributed by atoms with Gasteiger partial charge in [0.2, 0.25) is 0 Å². The second-order valence-electron chi connectivity index (χ2n) is 9.88. The molecule has 0 unspecified atom stereocenters. The summed E-state index contributed by atoms with van der Waals surface area (Å²) in [5.41, 5.74) is 5.81. The van der Waals surface area contributed by atoms with Crippen molar-refractivity contribution in [2.45, 2.75) is 24.5 Å². The largest absolute Gasteiger partial charge is 0.459 e. The van der Waals surface area contributed by atoms with E-state index in [1.807, 2.05) is 0 Å². The molecule has 3 heterocycles. The van der Waals surface area contributed by atoms with E-state index in [0.29, 0.717) is 0 Å². The molecule has 1 fully saturated rings. The van der Waals surface area contributed by atoms with E-state index in [2.05, 4.69) is 15.0 Å². The summed E-state index contributed by atoms with van der Waals surface area (Å²) >= 11 is 0. The highest BCUT2D eigenvalue weighted by Gasteiger charge is 2.52. The zero-order valence-electron chi connectivity index (χ0n) is 23.5. The first-order chi connectivity index (χ1) is 21.9. The normalized spacial score (nSPS) is 19.1. The van der Waals surface area contributed by atoms with Gasteiger partial charge in [-0.3, -0.25) is 0 Å². The van der Waals surface area contributed by atoms with Crippen molar-refractivity contribution < 1.29 is 33.3 Å². The van der Waals surface area contributed by atoms with Gasteiger partial charge in [-0.1, -0.05) is 54.6 Å². The molecule has 0 amide bonds. The maximum atomic E-state index is 13.4. The highest BCUT2D eigenvalue weighted by Crippen LogP contribution is 2.36. The quantitative estimate of drug-likeness (QED) is 0.202. The Balaban J connectivity index is 1.42. The molecule has 1 saturated heterocycles. The summed E-state index contributed by atoms with van der Waals surface area (Å²) in [6.45, 7) is -0.433. The number of nitrogens with zero attached hydrogens (tertiary/aromatic N) is 4. The fraction of sp³-hybridized carbons (Fsp3) is 0.156. The van der Waals surface area contributed by atoms with E-state index in [9.17, 15) is 19.2 Å². The number of hydrogen-bond acceptors (Lipinski definition) is 12. The average molecular weight is 608 g/mol. The van der Waals surface area contributed by atoms with E-state index in [1.54, 1.807) is 78.9 Å². The summed E-state index contributed by atoms with van der Waals surface area (Å²) in [6.07, 6.45) is -2.77. The topological polar surface area (TPSA) is 175 Å². The number of ether oxygens (including phenoxy) is 4. The number of fused-ring (bicyclic) bond motifs is 1. The van der Waals surface area contributed by atoms with Gasteiger partial charge in [-0.05, 0) is 36.4 Å². The second kappa shape index (κ2) is 12.7. The number of hydrogen-bond donors (Lipinski definition) is 1. The number of carbonyl (C=O) groups excluding carboxylic acids is 3. The van der Waals surface area contributed by atoms with E-state index in [1.165, 1.54) is 24.5 Å². The fourth-order valence-electron chi connectivity index (χ4n) is 4.88. The van der Waals surface area contributed by atoms with Crippen LogP contribution < -0.4 is 11.4 Å². The number of anilines is 1. The van der Waals surface area contributed by atoms with Gasteiger partial charge >= 0.3 is 23.6 Å². The van der Waals surface area contributed by atoms with Crippen molar-refractivity contribution >= 4 is 34.9 Å². The van der Waals surface area contributed by atoms with E-state index in [0.717, 1.165) is 4.57 Å². The first-order valence-corrected chi connectivity index (χ1v) is 13.8. The zero-order chi connectivity index (χ0) is 31.3. The standard InChI is InChI=1S/C32H25N5O8/c33-26-23-27(35-17-16-34-23)37(32(41)36-26)28-25(45-31(40)21-14-8-3-9-15-21)24(44-30(39)20-12-6-2-7-13-20)22(43-28)18-42-29(38)19-10-4-1-5-11-19/h1-17,22,24-25,28H,18H2,(H2,33,36,41)/t22-,24-,25-,28-/m1/s1. The number of nitrogen functional groups attached to an aromatic ring is 1. The summed E-state index contributed by atoms with van der Waals surface area (Å²) in [5, 5.41) is 0. The van der Waals surface area contributed by atoms with E-state index in [4.69, 9.17) is 24.7 Å². The van der Waals surface area contributed by atoms with Gasteiger partial charge in [0.25, 0.3) is 0 Å². The molecule has 1 aliphatic heterocycles. The zero-order valence-corrected chi connectivity index (χ0v) is 23.5. The van der Waals surface area contributed by atoms with E-state index >= 15 is 0 Å². The number of nitrogens with two attached hydrogens (primary N) is 1. The van der Waals surface area contributed by atoms with Gasteiger partial charge in [0.1, 0.15) is 18.2 Å². The van der Waals surface area contributed by atoms with Crippen LogP contribution in [0.15, 0.2) is 108 Å². The lowest BCUT2D eigenvalue weighted by atomic mass is 10.1. The Bertz CT molecular complexity index is 1900. The van der Waals surface area contributed by atoms with Crippen LogP contribution in [0.2, 0.25) is 0 Å². The lowest BCUT2D eigenvalue weighted by Crippen LogP contribution is -2.42. The Kier molecular flexibility index (Phi) is 8.24. The summed E-state index contributed by atoms with van der Waals surface area (Å²) in [6, 6.07) is 24.5. The minimum Gasteiger partial charge on any atom is -0.459 e. The van der Waals surface area contributed by atoms with Crippen LogP contribution in [0.4, 0.5) is 5.82 Å². The molecule has 226 valence electrons. The minimum atomic E-state index is -1.45. The van der Waals surface area contributed by atoms with Crippen LogP contribution in [0.1, 0.15) is 37.3 Å². The number of aromatic nitrogens is 4. The Morgan fingerprint density at radius 3 is 1.82 bits per heavy atom. The molecule has 2 N–H and O–H groups in total. The molecule has 45 heavy (non-hydrogen) atoms. The van der Waals surface area contributed by atoms with Gasteiger partial charge in [0, 0.05) is 12.4 Å². The van der Waals surface area contributed by atoms with Gasteiger partial charge in [-0.25, -0.2) is 33.7 Å². The Morgan fingerprint density at radius 2 is 1.24 bits per heavy atom. The lowest BCUT2D eigenvalue weighted by molar-refractivity contribution is -0.0622. The molecule has 4 atom stereocenters. The molecule has 0 radical (unpaired) electrons. The van der Waals surface area contributed by atoms with Crippen LogP contribution in [-0.2, 0) is 18.9 Å². The molecule has 13 heteroatoms. The van der Waals surface area contributed by atoms with Crippen LogP contribution >= 0.6 is 0 Å². The molecule has 0 saturated carbocycles. The molecule has 6 rings (SSSR count). The van der Waals surface area contributed by atoms with Gasteiger partial charge < -0.3 is 24.7 Å². The molecule has 2 aromatic heterocycles. The van der Waals surface area contributed by atoms with E-state index in [-0.39, 0.29) is 33.7 Å². The number of carbonyl (C=O) groups is 3. The molecule has 3 aromatic carbocycles. The Hall–Kier alpha value is -5.95. The van der Waals surface area contributed by atoms with Crippen molar-refractivity contribution in [2.24, 2.45) is 0 Å². The molecular formula is C32H25N5O8.